The predicted molar refractivity (Wildman–Crippen MR) is 120 cm³/mol. The van der Waals surface area contributed by atoms with Crippen LogP contribution >= 0.6 is 11.3 Å². The van der Waals surface area contributed by atoms with Crippen molar-refractivity contribution in [3.8, 4) is 5.75 Å². The third kappa shape index (κ3) is 3.91. The molecule has 0 bridgehead atoms. The van der Waals surface area contributed by atoms with Crippen LogP contribution in [0.3, 0.4) is 0 Å². The van der Waals surface area contributed by atoms with Crippen molar-refractivity contribution in [3.63, 3.8) is 0 Å². The van der Waals surface area contributed by atoms with Crippen molar-refractivity contribution in [2.45, 2.75) is 63.6 Å². The molecule has 160 valence electrons. The van der Waals surface area contributed by atoms with Crippen molar-refractivity contribution in [2.24, 2.45) is 0 Å². The summed E-state index contributed by atoms with van der Waals surface area (Å²) in [4.78, 5) is 12.3. The van der Waals surface area contributed by atoms with Crippen LogP contribution in [0.15, 0.2) is 46.1 Å². The number of aromatic nitrogens is 1. The molecule has 30 heavy (non-hydrogen) atoms. The predicted octanol–water partition coefficient (Wildman–Crippen LogP) is 4.36. The van der Waals surface area contributed by atoms with Crippen molar-refractivity contribution >= 4 is 31.6 Å². The van der Waals surface area contributed by atoms with Crippen molar-refractivity contribution < 1.29 is 13.2 Å². The maximum Gasteiger partial charge on any atom is 0.308 e. The molecule has 1 aliphatic rings. The standard InChI is InChI=1S/C22H26N2O4S2/c1-5-10-24-18-8-7-15(12-20(18)29-21(24)25)30(26,27)23-17-13-22(3,4)28-19-9-6-14(2)11-16(17)19/h6-9,11-12,17,23H,5,10,13H2,1-4H3. The number of sulfonamides is 1. The van der Waals surface area contributed by atoms with Gasteiger partial charge in [-0.3, -0.25) is 9.36 Å². The molecule has 0 fully saturated rings. The van der Waals surface area contributed by atoms with Gasteiger partial charge in [0, 0.05) is 18.5 Å². The Hall–Kier alpha value is -2.16. The Bertz CT molecular complexity index is 1270. The summed E-state index contributed by atoms with van der Waals surface area (Å²) in [7, 11) is -3.78. The molecule has 0 aliphatic carbocycles. The van der Waals surface area contributed by atoms with E-state index in [1.807, 2.05) is 45.9 Å². The topological polar surface area (TPSA) is 77.4 Å². The Morgan fingerprint density at radius 2 is 2.00 bits per heavy atom. The average molecular weight is 447 g/mol. The van der Waals surface area contributed by atoms with Crippen LogP contribution in [-0.2, 0) is 16.6 Å². The fourth-order valence-corrected chi connectivity index (χ4v) is 6.26. The monoisotopic (exact) mass is 446 g/mol. The molecule has 0 spiro atoms. The average Bonchev–Trinajstić information content (AvgIpc) is 2.96. The summed E-state index contributed by atoms with van der Waals surface area (Å²) in [5.74, 6) is 0.704. The van der Waals surface area contributed by atoms with Crippen molar-refractivity contribution in [3.05, 3.63) is 57.2 Å². The Morgan fingerprint density at radius 3 is 2.73 bits per heavy atom. The van der Waals surface area contributed by atoms with Crippen molar-refractivity contribution in [2.75, 3.05) is 0 Å². The molecule has 1 aromatic heterocycles. The van der Waals surface area contributed by atoms with Gasteiger partial charge < -0.3 is 4.74 Å². The molecule has 0 amide bonds. The van der Waals surface area contributed by atoms with E-state index in [4.69, 9.17) is 4.74 Å². The van der Waals surface area contributed by atoms with Crippen LogP contribution in [0.2, 0.25) is 0 Å². The molecule has 0 saturated carbocycles. The second-order valence-electron chi connectivity index (χ2n) is 8.43. The number of rotatable bonds is 5. The second kappa shape index (κ2) is 7.51. The van der Waals surface area contributed by atoms with E-state index in [0.717, 1.165) is 34.4 Å². The first-order valence-electron chi connectivity index (χ1n) is 10.0. The normalized spacial score (nSPS) is 18.2. The van der Waals surface area contributed by atoms with E-state index < -0.39 is 21.7 Å². The van der Waals surface area contributed by atoms with Crippen LogP contribution in [-0.4, -0.2) is 18.6 Å². The number of hydrogen-bond acceptors (Lipinski definition) is 5. The number of ether oxygens (including phenoxy) is 1. The van der Waals surface area contributed by atoms with E-state index in [9.17, 15) is 13.2 Å². The minimum absolute atomic E-state index is 0.0649. The Morgan fingerprint density at radius 1 is 1.23 bits per heavy atom. The van der Waals surface area contributed by atoms with Gasteiger partial charge >= 0.3 is 4.87 Å². The highest BCUT2D eigenvalue weighted by Gasteiger charge is 2.36. The summed E-state index contributed by atoms with van der Waals surface area (Å²) < 4.78 is 37.8. The van der Waals surface area contributed by atoms with Gasteiger partial charge in [-0.05, 0) is 51.5 Å². The molecule has 0 saturated heterocycles. The van der Waals surface area contributed by atoms with Crippen molar-refractivity contribution in [1.29, 1.82) is 0 Å². The lowest BCUT2D eigenvalue weighted by molar-refractivity contribution is 0.0701. The number of nitrogens with one attached hydrogen (secondary N) is 1. The number of nitrogens with zero attached hydrogens (tertiary/aromatic N) is 1. The Balaban J connectivity index is 1.71. The number of benzene rings is 2. The summed E-state index contributed by atoms with van der Waals surface area (Å²) in [5, 5.41) is 0. The molecular formula is C22H26N2O4S2. The number of thiazole rings is 1. The molecule has 8 heteroatoms. The lowest BCUT2D eigenvalue weighted by Crippen LogP contribution is -2.41. The van der Waals surface area contributed by atoms with Crippen molar-refractivity contribution in [1.82, 2.24) is 9.29 Å². The third-order valence-corrected chi connectivity index (χ3v) is 7.73. The van der Waals surface area contributed by atoms with Gasteiger partial charge in [0.15, 0.2) is 0 Å². The van der Waals surface area contributed by atoms with Gasteiger partial charge in [0.25, 0.3) is 0 Å². The first kappa shape index (κ1) is 21.1. The zero-order valence-corrected chi connectivity index (χ0v) is 19.2. The fraction of sp³-hybridized carbons (Fsp3) is 0.409. The first-order valence-corrected chi connectivity index (χ1v) is 12.3. The maximum atomic E-state index is 13.2. The zero-order valence-electron chi connectivity index (χ0n) is 17.6. The van der Waals surface area contributed by atoms with Gasteiger partial charge in [-0.15, -0.1) is 0 Å². The van der Waals surface area contributed by atoms with E-state index in [2.05, 4.69) is 4.72 Å². The van der Waals surface area contributed by atoms with Crippen LogP contribution < -0.4 is 14.3 Å². The highest BCUT2D eigenvalue weighted by Crippen LogP contribution is 2.40. The molecule has 0 radical (unpaired) electrons. The minimum atomic E-state index is -3.78. The van der Waals surface area contributed by atoms with E-state index in [-0.39, 0.29) is 9.77 Å². The fourth-order valence-electron chi connectivity index (χ4n) is 3.98. The van der Waals surface area contributed by atoms with Gasteiger partial charge in [0.2, 0.25) is 10.0 Å². The van der Waals surface area contributed by atoms with Gasteiger partial charge in [-0.1, -0.05) is 36.0 Å². The highest BCUT2D eigenvalue weighted by atomic mass is 32.2. The maximum absolute atomic E-state index is 13.2. The highest BCUT2D eigenvalue weighted by molar-refractivity contribution is 7.89. The molecule has 1 unspecified atom stereocenters. The van der Waals surface area contributed by atoms with Gasteiger partial charge in [0.05, 0.1) is 21.2 Å². The second-order valence-corrected chi connectivity index (χ2v) is 11.1. The van der Waals surface area contributed by atoms with E-state index >= 15 is 0 Å². The number of hydrogen-bond donors (Lipinski definition) is 1. The van der Waals surface area contributed by atoms with Crippen LogP contribution in [0.4, 0.5) is 0 Å². The summed E-state index contributed by atoms with van der Waals surface area (Å²) in [5.41, 5.74) is 2.18. The molecule has 1 aliphatic heterocycles. The minimum Gasteiger partial charge on any atom is -0.487 e. The van der Waals surface area contributed by atoms with Gasteiger partial charge in [-0.25, -0.2) is 13.1 Å². The number of fused-ring (bicyclic) bond motifs is 2. The molecule has 4 rings (SSSR count). The first-order chi connectivity index (χ1) is 14.1. The molecule has 1 atom stereocenters. The summed E-state index contributed by atoms with van der Waals surface area (Å²) in [6.07, 6.45) is 1.36. The van der Waals surface area contributed by atoms with E-state index in [1.165, 1.54) is 0 Å². The Labute approximate surface area is 180 Å². The van der Waals surface area contributed by atoms with Crippen LogP contribution in [0.1, 0.15) is 50.8 Å². The van der Waals surface area contributed by atoms with E-state index in [1.54, 1.807) is 22.8 Å². The van der Waals surface area contributed by atoms with Crippen LogP contribution in [0.5, 0.6) is 5.75 Å². The van der Waals surface area contributed by atoms with Gasteiger partial charge in [-0.2, -0.15) is 0 Å². The lowest BCUT2D eigenvalue weighted by Gasteiger charge is -2.38. The van der Waals surface area contributed by atoms with E-state index in [0.29, 0.717) is 23.4 Å². The molecular weight excluding hydrogens is 420 g/mol. The SMILES string of the molecule is CCCn1c(=O)sc2cc(S(=O)(=O)NC3CC(C)(C)Oc4ccc(C)cc43)ccc21. The quantitative estimate of drug-likeness (QED) is 0.632. The van der Waals surface area contributed by atoms with Crippen LogP contribution in [0.25, 0.3) is 10.2 Å². The molecule has 1 N–H and O–H groups in total. The molecule has 6 nitrogen and oxygen atoms in total. The lowest BCUT2D eigenvalue weighted by atomic mass is 9.89. The molecule has 2 heterocycles. The third-order valence-electron chi connectivity index (χ3n) is 5.32. The summed E-state index contributed by atoms with van der Waals surface area (Å²) >= 11 is 1.08. The molecule has 2 aromatic carbocycles. The van der Waals surface area contributed by atoms with Gasteiger partial charge in [0.1, 0.15) is 11.4 Å². The number of aryl methyl sites for hydroxylation is 2. The largest absolute Gasteiger partial charge is 0.487 e. The molecule has 3 aromatic rings. The smallest absolute Gasteiger partial charge is 0.308 e. The summed E-state index contributed by atoms with van der Waals surface area (Å²) in [6.45, 7) is 8.51. The van der Waals surface area contributed by atoms with Crippen LogP contribution in [0, 0.1) is 6.92 Å². The Kier molecular flexibility index (Phi) is 5.28. The summed E-state index contributed by atoms with van der Waals surface area (Å²) in [6, 6.07) is 10.3. The zero-order chi connectivity index (χ0) is 21.7.